The molecule has 2 aliphatic rings. The third-order valence-electron chi connectivity index (χ3n) is 4.47. The van der Waals surface area contributed by atoms with Gasteiger partial charge in [-0.25, -0.2) is 4.79 Å². The standard InChI is InChI=1S/C15H20O4/c1-5-15(4)6-10(17)11-9(3)14(18)19-13(11)12(15)8(2)7-16/h5,10-13,16-17H,1-3,6-7H2,4H3/t10-,11+,12+,13-,15+/m0/s1. The van der Waals surface area contributed by atoms with E-state index in [0.717, 1.165) is 0 Å². The minimum Gasteiger partial charge on any atom is -0.458 e. The molecule has 104 valence electrons. The molecule has 1 aliphatic heterocycles. The Morgan fingerprint density at radius 1 is 1.63 bits per heavy atom. The highest BCUT2D eigenvalue weighted by molar-refractivity contribution is 5.91. The Labute approximate surface area is 113 Å². The fourth-order valence-corrected chi connectivity index (χ4v) is 3.42. The van der Waals surface area contributed by atoms with Crippen LogP contribution in [-0.4, -0.2) is 35.0 Å². The average Bonchev–Trinajstić information content (AvgIpc) is 2.65. The first-order valence-corrected chi connectivity index (χ1v) is 6.35. The van der Waals surface area contributed by atoms with E-state index in [-0.39, 0.29) is 12.5 Å². The quantitative estimate of drug-likeness (QED) is 0.457. The molecule has 0 spiro atoms. The highest BCUT2D eigenvalue weighted by Gasteiger charge is 2.56. The summed E-state index contributed by atoms with van der Waals surface area (Å²) in [5.41, 5.74) is 0.428. The number of aliphatic hydroxyl groups excluding tert-OH is 2. The maximum Gasteiger partial charge on any atom is 0.334 e. The number of esters is 1. The van der Waals surface area contributed by atoms with E-state index >= 15 is 0 Å². The molecular weight excluding hydrogens is 244 g/mol. The average molecular weight is 264 g/mol. The fraction of sp³-hybridized carbons (Fsp3) is 0.533. The molecule has 19 heavy (non-hydrogen) atoms. The van der Waals surface area contributed by atoms with E-state index in [9.17, 15) is 15.0 Å². The van der Waals surface area contributed by atoms with Gasteiger partial charge in [0.1, 0.15) is 6.10 Å². The number of carbonyl (C=O) groups excluding carboxylic acids is 1. The van der Waals surface area contributed by atoms with Crippen molar-refractivity contribution >= 4 is 5.97 Å². The number of hydrogen-bond donors (Lipinski definition) is 2. The van der Waals surface area contributed by atoms with E-state index in [1.54, 1.807) is 6.08 Å². The normalized spacial score (nSPS) is 41.6. The van der Waals surface area contributed by atoms with Crippen LogP contribution in [0.3, 0.4) is 0 Å². The van der Waals surface area contributed by atoms with Gasteiger partial charge in [-0.15, -0.1) is 6.58 Å². The van der Waals surface area contributed by atoms with Crippen LogP contribution in [0, 0.1) is 17.3 Å². The number of rotatable bonds is 3. The predicted octanol–water partition coefficient (Wildman–Crippen LogP) is 1.21. The Bertz CT molecular complexity index is 453. The minimum atomic E-state index is -0.699. The first-order valence-electron chi connectivity index (χ1n) is 6.35. The van der Waals surface area contributed by atoms with Gasteiger partial charge in [-0.2, -0.15) is 0 Å². The molecule has 5 atom stereocenters. The van der Waals surface area contributed by atoms with E-state index in [0.29, 0.717) is 17.6 Å². The molecule has 1 saturated carbocycles. The monoisotopic (exact) mass is 264 g/mol. The van der Waals surface area contributed by atoms with Gasteiger partial charge >= 0.3 is 5.97 Å². The van der Waals surface area contributed by atoms with Gasteiger partial charge < -0.3 is 14.9 Å². The van der Waals surface area contributed by atoms with Crippen molar-refractivity contribution in [1.29, 1.82) is 0 Å². The molecule has 1 saturated heterocycles. The fourth-order valence-electron chi connectivity index (χ4n) is 3.42. The van der Waals surface area contributed by atoms with Gasteiger partial charge in [-0.3, -0.25) is 0 Å². The third-order valence-corrected chi connectivity index (χ3v) is 4.47. The molecule has 4 heteroatoms. The number of allylic oxidation sites excluding steroid dienone is 1. The van der Waals surface area contributed by atoms with Crippen molar-refractivity contribution in [1.82, 2.24) is 0 Å². The van der Waals surface area contributed by atoms with Crippen molar-refractivity contribution in [3.05, 3.63) is 37.0 Å². The molecule has 2 fully saturated rings. The van der Waals surface area contributed by atoms with Crippen molar-refractivity contribution in [2.45, 2.75) is 25.6 Å². The highest BCUT2D eigenvalue weighted by atomic mass is 16.6. The Morgan fingerprint density at radius 2 is 2.26 bits per heavy atom. The Morgan fingerprint density at radius 3 is 2.79 bits per heavy atom. The molecule has 0 radical (unpaired) electrons. The number of hydrogen-bond acceptors (Lipinski definition) is 4. The predicted molar refractivity (Wildman–Crippen MR) is 71.2 cm³/mol. The SMILES string of the molecule is C=C[C@]1(C)C[C@H](O)[C@H]2C(=C)C(=O)O[C@@H]2[C@H]1C(=C)CO. The maximum atomic E-state index is 11.7. The summed E-state index contributed by atoms with van der Waals surface area (Å²) in [5, 5.41) is 19.6. The van der Waals surface area contributed by atoms with Crippen LogP contribution in [0.5, 0.6) is 0 Å². The molecule has 0 unspecified atom stereocenters. The van der Waals surface area contributed by atoms with E-state index in [2.05, 4.69) is 19.7 Å². The smallest absolute Gasteiger partial charge is 0.334 e. The Kier molecular flexibility index (Phi) is 3.41. The molecule has 0 aromatic carbocycles. The van der Waals surface area contributed by atoms with Crippen molar-refractivity contribution < 1.29 is 19.7 Å². The second kappa shape index (κ2) is 4.62. The first kappa shape index (κ1) is 14.0. The van der Waals surface area contributed by atoms with Crippen LogP contribution in [0.4, 0.5) is 0 Å². The van der Waals surface area contributed by atoms with Crippen LogP contribution in [-0.2, 0) is 9.53 Å². The summed E-state index contributed by atoms with van der Waals surface area (Å²) in [4.78, 5) is 11.7. The van der Waals surface area contributed by atoms with Crippen LogP contribution >= 0.6 is 0 Å². The summed E-state index contributed by atoms with van der Waals surface area (Å²) in [6, 6.07) is 0. The Hall–Kier alpha value is -1.39. The topological polar surface area (TPSA) is 66.8 Å². The van der Waals surface area contributed by atoms with E-state index in [1.807, 2.05) is 6.92 Å². The largest absolute Gasteiger partial charge is 0.458 e. The molecule has 0 amide bonds. The van der Waals surface area contributed by atoms with Crippen LogP contribution in [0.15, 0.2) is 37.0 Å². The highest BCUT2D eigenvalue weighted by Crippen LogP contribution is 2.52. The van der Waals surface area contributed by atoms with Crippen LogP contribution in [0.25, 0.3) is 0 Å². The molecule has 0 aromatic heterocycles. The van der Waals surface area contributed by atoms with Gasteiger partial charge in [0.15, 0.2) is 0 Å². The lowest BCUT2D eigenvalue weighted by Crippen LogP contribution is -2.50. The zero-order valence-corrected chi connectivity index (χ0v) is 11.1. The third kappa shape index (κ3) is 1.95. The summed E-state index contributed by atoms with van der Waals surface area (Å²) < 4.78 is 5.36. The molecule has 1 heterocycles. The summed E-state index contributed by atoms with van der Waals surface area (Å²) in [6.45, 7) is 13.1. The summed E-state index contributed by atoms with van der Waals surface area (Å²) >= 11 is 0. The zero-order valence-electron chi connectivity index (χ0n) is 11.1. The second-order valence-corrected chi connectivity index (χ2v) is 5.70. The summed E-state index contributed by atoms with van der Waals surface area (Å²) in [5.74, 6) is -1.15. The molecule has 0 aromatic rings. The van der Waals surface area contributed by atoms with Crippen LogP contribution in [0.1, 0.15) is 13.3 Å². The van der Waals surface area contributed by atoms with Gasteiger partial charge in [0.25, 0.3) is 0 Å². The van der Waals surface area contributed by atoms with E-state index in [1.165, 1.54) is 0 Å². The van der Waals surface area contributed by atoms with Crippen molar-refractivity contribution in [3.8, 4) is 0 Å². The molecule has 0 bridgehead atoms. The summed E-state index contributed by atoms with van der Waals surface area (Å²) in [6.07, 6.45) is 0.963. The van der Waals surface area contributed by atoms with Crippen molar-refractivity contribution in [2.24, 2.45) is 17.3 Å². The Balaban J connectivity index is 2.46. The van der Waals surface area contributed by atoms with E-state index in [4.69, 9.17) is 4.74 Å². The first-order chi connectivity index (χ1) is 8.85. The molecule has 4 nitrogen and oxygen atoms in total. The van der Waals surface area contributed by atoms with Gasteiger partial charge in [0.2, 0.25) is 0 Å². The number of ether oxygens (including phenoxy) is 1. The molecule has 2 N–H and O–H groups in total. The lowest BCUT2D eigenvalue weighted by molar-refractivity contribution is -0.146. The van der Waals surface area contributed by atoms with Crippen LogP contribution < -0.4 is 0 Å². The zero-order chi connectivity index (χ0) is 14.4. The summed E-state index contributed by atoms with van der Waals surface area (Å²) in [7, 11) is 0. The van der Waals surface area contributed by atoms with Gasteiger partial charge in [-0.1, -0.05) is 26.2 Å². The molecular formula is C15H20O4. The lowest BCUT2D eigenvalue weighted by atomic mass is 9.59. The minimum absolute atomic E-state index is 0.183. The number of carbonyl (C=O) groups is 1. The van der Waals surface area contributed by atoms with Crippen molar-refractivity contribution in [2.75, 3.05) is 6.61 Å². The van der Waals surface area contributed by atoms with Crippen molar-refractivity contribution in [3.63, 3.8) is 0 Å². The van der Waals surface area contributed by atoms with Crippen LogP contribution in [0.2, 0.25) is 0 Å². The van der Waals surface area contributed by atoms with Gasteiger partial charge in [-0.05, 0) is 17.4 Å². The number of fused-ring (bicyclic) bond motifs is 1. The van der Waals surface area contributed by atoms with E-state index < -0.39 is 29.5 Å². The molecule has 2 rings (SSSR count). The second-order valence-electron chi connectivity index (χ2n) is 5.70. The lowest BCUT2D eigenvalue weighted by Gasteiger charge is -2.47. The van der Waals surface area contributed by atoms with Gasteiger partial charge in [0, 0.05) is 11.5 Å². The maximum absolute atomic E-state index is 11.7. The van der Waals surface area contributed by atoms with Gasteiger partial charge in [0.05, 0.1) is 18.6 Å². The number of aliphatic hydroxyl groups is 2. The molecule has 1 aliphatic carbocycles.